The number of ether oxygens (including phenoxy) is 1. The van der Waals surface area contributed by atoms with E-state index in [-0.39, 0.29) is 12.0 Å². The molecule has 0 bridgehead atoms. The van der Waals surface area contributed by atoms with Gasteiger partial charge < -0.3 is 10.1 Å². The van der Waals surface area contributed by atoms with Crippen LogP contribution in [0.1, 0.15) is 36.0 Å². The number of rotatable bonds is 7. The Morgan fingerprint density at radius 2 is 1.76 bits per heavy atom. The molecule has 0 unspecified atom stereocenters. The Labute approximate surface area is 174 Å². The summed E-state index contributed by atoms with van der Waals surface area (Å²) in [4.78, 5) is 15.8. The third kappa shape index (κ3) is 4.54. The standard InChI is InChI=1S/C25H32N2O2/c1-27(15-14-20-9-3-2-4-10-20)25(17-21-11-5-6-12-22(21)18-25)24(28)26-19-23-13-7-8-16-29-23/h2-6,9-12,23H,7-8,13-19H2,1H3,(H,26,28)/t23-/m0/s1. The highest BCUT2D eigenvalue weighted by Gasteiger charge is 2.46. The molecule has 2 aliphatic rings. The molecule has 1 aliphatic carbocycles. The number of benzene rings is 2. The monoisotopic (exact) mass is 392 g/mol. The topological polar surface area (TPSA) is 41.6 Å². The van der Waals surface area contributed by atoms with Gasteiger partial charge >= 0.3 is 0 Å². The van der Waals surface area contributed by atoms with Gasteiger partial charge in [-0.15, -0.1) is 0 Å². The summed E-state index contributed by atoms with van der Waals surface area (Å²) in [5.41, 5.74) is 3.37. The molecule has 1 amide bonds. The van der Waals surface area contributed by atoms with Crippen molar-refractivity contribution >= 4 is 5.91 Å². The van der Waals surface area contributed by atoms with E-state index in [0.717, 1.165) is 45.3 Å². The average molecular weight is 393 g/mol. The van der Waals surface area contributed by atoms with E-state index >= 15 is 0 Å². The summed E-state index contributed by atoms with van der Waals surface area (Å²) < 4.78 is 5.82. The van der Waals surface area contributed by atoms with Gasteiger partial charge in [-0.25, -0.2) is 0 Å². The van der Waals surface area contributed by atoms with Crippen LogP contribution in [0.4, 0.5) is 0 Å². The Morgan fingerprint density at radius 1 is 1.07 bits per heavy atom. The van der Waals surface area contributed by atoms with Crippen LogP contribution in [0.2, 0.25) is 0 Å². The minimum atomic E-state index is -0.521. The van der Waals surface area contributed by atoms with E-state index in [1.54, 1.807) is 0 Å². The van der Waals surface area contributed by atoms with E-state index < -0.39 is 5.54 Å². The summed E-state index contributed by atoms with van der Waals surface area (Å²) in [6.45, 7) is 2.28. The van der Waals surface area contributed by atoms with Crippen LogP contribution in [0.25, 0.3) is 0 Å². The minimum Gasteiger partial charge on any atom is -0.376 e. The lowest BCUT2D eigenvalue weighted by Gasteiger charge is -2.38. The molecule has 29 heavy (non-hydrogen) atoms. The molecular weight excluding hydrogens is 360 g/mol. The zero-order valence-corrected chi connectivity index (χ0v) is 17.4. The second-order valence-corrected chi connectivity index (χ2v) is 8.51. The molecule has 0 aromatic heterocycles. The minimum absolute atomic E-state index is 0.137. The molecule has 4 heteroatoms. The number of fused-ring (bicyclic) bond motifs is 1. The van der Waals surface area contributed by atoms with Crippen molar-refractivity contribution in [1.82, 2.24) is 10.2 Å². The molecule has 154 valence electrons. The number of nitrogens with one attached hydrogen (secondary N) is 1. The van der Waals surface area contributed by atoms with Crippen molar-refractivity contribution in [3.8, 4) is 0 Å². The second kappa shape index (κ2) is 9.10. The first-order valence-corrected chi connectivity index (χ1v) is 10.9. The van der Waals surface area contributed by atoms with Gasteiger partial charge in [0, 0.05) is 32.5 Å². The Hall–Kier alpha value is -2.17. The first kappa shape index (κ1) is 20.1. The Bertz CT molecular complexity index is 790. The maximum atomic E-state index is 13.5. The van der Waals surface area contributed by atoms with Gasteiger partial charge in [-0.2, -0.15) is 0 Å². The Morgan fingerprint density at radius 3 is 2.41 bits per heavy atom. The van der Waals surface area contributed by atoms with E-state index in [9.17, 15) is 4.79 Å². The van der Waals surface area contributed by atoms with Crippen LogP contribution in [0.15, 0.2) is 54.6 Å². The van der Waals surface area contributed by atoms with Gasteiger partial charge in [0.2, 0.25) is 5.91 Å². The zero-order chi connectivity index (χ0) is 20.1. The number of amides is 1. The van der Waals surface area contributed by atoms with E-state index in [0.29, 0.717) is 6.54 Å². The highest BCUT2D eigenvalue weighted by Crippen LogP contribution is 2.34. The van der Waals surface area contributed by atoms with Crippen LogP contribution in [-0.4, -0.2) is 49.2 Å². The van der Waals surface area contributed by atoms with Crippen LogP contribution >= 0.6 is 0 Å². The summed E-state index contributed by atoms with van der Waals surface area (Å²) in [5.74, 6) is 0.137. The van der Waals surface area contributed by atoms with Gasteiger partial charge in [0.25, 0.3) is 0 Å². The lowest BCUT2D eigenvalue weighted by atomic mass is 9.91. The van der Waals surface area contributed by atoms with Crippen molar-refractivity contribution in [2.24, 2.45) is 0 Å². The highest BCUT2D eigenvalue weighted by molar-refractivity contribution is 5.88. The van der Waals surface area contributed by atoms with Gasteiger partial charge in [-0.3, -0.25) is 9.69 Å². The summed E-state index contributed by atoms with van der Waals surface area (Å²) in [5, 5.41) is 3.24. The molecule has 1 saturated heterocycles. The van der Waals surface area contributed by atoms with Crippen molar-refractivity contribution in [2.75, 3.05) is 26.7 Å². The van der Waals surface area contributed by atoms with Crippen molar-refractivity contribution in [2.45, 2.75) is 50.2 Å². The van der Waals surface area contributed by atoms with Gasteiger partial charge in [0.05, 0.1) is 6.10 Å². The van der Waals surface area contributed by atoms with E-state index in [1.807, 2.05) is 6.07 Å². The fourth-order valence-corrected chi connectivity index (χ4v) is 4.69. The average Bonchev–Trinajstić information content (AvgIpc) is 3.18. The van der Waals surface area contributed by atoms with Gasteiger partial charge in [-0.1, -0.05) is 54.6 Å². The second-order valence-electron chi connectivity index (χ2n) is 8.51. The Kier molecular flexibility index (Phi) is 6.31. The third-order valence-corrected chi connectivity index (χ3v) is 6.58. The molecule has 4 nitrogen and oxygen atoms in total. The molecule has 0 saturated carbocycles. The molecule has 4 rings (SSSR count). The van der Waals surface area contributed by atoms with Crippen molar-refractivity contribution in [3.63, 3.8) is 0 Å². The molecule has 0 radical (unpaired) electrons. The largest absolute Gasteiger partial charge is 0.376 e. The van der Waals surface area contributed by atoms with Crippen molar-refractivity contribution in [3.05, 3.63) is 71.3 Å². The van der Waals surface area contributed by atoms with Crippen LogP contribution in [0.3, 0.4) is 0 Å². The van der Waals surface area contributed by atoms with Crippen LogP contribution in [0, 0.1) is 0 Å². The normalized spacial score (nSPS) is 20.4. The lowest BCUT2D eigenvalue weighted by Crippen LogP contribution is -2.59. The zero-order valence-electron chi connectivity index (χ0n) is 17.4. The SMILES string of the molecule is CN(CCc1ccccc1)C1(C(=O)NC[C@@H]2CCCCO2)Cc2ccccc2C1. The lowest BCUT2D eigenvalue weighted by molar-refractivity contribution is -0.133. The fraction of sp³-hybridized carbons (Fsp3) is 0.480. The first-order chi connectivity index (χ1) is 14.2. The number of nitrogens with zero attached hydrogens (tertiary/aromatic N) is 1. The predicted molar refractivity (Wildman–Crippen MR) is 116 cm³/mol. The molecule has 1 fully saturated rings. The van der Waals surface area contributed by atoms with Crippen LogP contribution in [0.5, 0.6) is 0 Å². The van der Waals surface area contributed by atoms with E-state index in [4.69, 9.17) is 4.74 Å². The maximum Gasteiger partial charge on any atom is 0.241 e. The van der Waals surface area contributed by atoms with Crippen LogP contribution < -0.4 is 5.32 Å². The van der Waals surface area contributed by atoms with Gasteiger partial charge in [0.1, 0.15) is 5.54 Å². The third-order valence-electron chi connectivity index (χ3n) is 6.58. The maximum absolute atomic E-state index is 13.5. The predicted octanol–water partition coefficient (Wildman–Crippen LogP) is 3.38. The summed E-state index contributed by atoms with van der Waals surface area (Å²) >= 11 is 0. The number of likely N-dealkylation sites (N-methyl/N-ethyl adjacent to an activating group) is 1. The highest BCUT2D eigenvalue weighted by atomic mass is 16.5. The molecule has 1 N–H and O–H groups in total. The molecule has 2 aromatic carbocycles. The van der Waals surface area contributed by atoms with E-state index in [1.165, 1.54) is 23.1 Å². The van der Waals surface area contributed by atoms with Crippen molar-refractivity contribution < 1.29 is 9.53 Å². The van der Waals surface area contributed by atoms with Gasteiger partial charge in [-0.05, 0) is 49.4 Å². The first-order valence-electron chi connectivity index (χ1n) is 10.9. The summed E-state index contributed by atoms with van der Waals surface area (Å²) in [6.07, 6.45) is 5.99. The molecule has 1 atom stereocenters. The number of carbonyl (C=O) groups excluding carboxylic acids is 1. The molecular formula is C25H32N2O2. The Balaban J connectivity index is 1.47. The molecule has 1 aliphatic heterocycles. The van der Waals surface area contributed by atoms with E-state index in [2.05, 4.69) is 65.8 Å². The number of carbonyl (C=O) groups is 1. The smallest absolute Gasteiger partial charge is 0.241 e. The number of hydrogen-bond donors (Lipinski definition) is 1. The van der Waals surface area contributed by atoms with Crippen molar-refractivity contribution in [1.29, 1.82) is 0 Å². The molecule has 2 aromatic rings. The van der Waals surface area contributed by atoms with Gasteiger partial charge in [0.15, 0.2) is 0 Å². The summed E-state index contributed by atoms with van der Waals surface area (Å²) in [7, 11) is 2.10. The summed E-state index contributed by atoms with van der Waals surface area (Å²) in [6, 6.07) is 19.0. The number of hydrogen-bond acceptors (Lipinski definition) is 3. The fourth-order valence-electron chi connectivity index (χ4n) is 4.69. The molecule has 1 heterocycles. The molecule has 0 spiro atoms. The van der Waals surface area contributed by atoms with Crippen LogP contribution in [-0.2, 0) is 28.8 Å². The quantitative estimate of drug-likeness (QED) is 0.785.